The van der Waals surface area contributed by atoms with Crippen LogP contribution in [0, 0.1) is 0 Å². The van der Waals surface area contributed by atoms with Crippen molar-refractivity contribution in [3.05, 3.63) is 92.9 Å². The highest BCUT2D eigenvalue weighted by Gasteiger charge is 2.34. The third kappa shape index (κ3) is 9.01. The van der Waals surface area contributed by atoms with Gasteiger partial charge in [0.05, 0.1) is 29.1 Å². The van der Waals surface area contributed by atoms with Gasteiger partial charge in [0.15, 0.2) is 0 Å². The average Bonchev–Trinajstić information content (AvgIpc) is 2.95. The molecule has 0 aliphatic carbocycles. The van der Waals surface area contributed by atoms with Crippen LogP contribution in [-0.2, 0) is 32.6 Å². The molecule has 3 aromatic rings. The Hall–Kier alpha value is -2.98. The highest BCUT2D eigenvalue weighted by Crippen LogP contribution is 2.33. The molecule has 226 valence electrons. The zero-order valence-electron chi connectivity index (χ0n) is 23.8. The van der Waals surface area contributed by atoms with Crippen LogP contribution in [0.2, 0.25) is 15.1 Å². The molecule has 0 radical (unpaired) electrons. The number of halogens is 3. The number of methoxy groups -OCH3 is 1. The van der Waals surface area contributed by atoms with Crippen LogP contribution in [0.4, 0.5) is 5.69 Å². The average molecular weight is 655 g/mol. The van der Waals surface area contributed by atoms with Gasteiger partial charge in [0.25, 0.3) is 0 Å². The van der Waals surface area contributed by atoms with Crippen LogP contribution in [0.3, 0.4) is 0 Å². The van der Waals surface area contributed by atoms with Crippen LogP contribution >= 0.6 is 34.8 Å². The molecule has 2 atom stereocenters. The number of carbonyl (C=O) groups is 2. The molecule has 2 amide bonds. The molecule has 8 nitrogen and oxygen atoms in total. The molecule has 0 unspecified atom stereocenters. The molecule has 0 saturated carbocycles. The van der Waals surface area contributed by atoms with E-state index >= 15 is 0 Å². The van der Waals surface area contributed by atoms with Crippen molar-refractivity contribution in [2.45, 2.75) is 45.3 Å². The number of carbonyl (C=O) groups excluding carboxylic acids is 2. The summed E-state index contributed by atoms with van der Waals surface area (Å²) in [6.07, 6.45) is 1.86. The Morgan fingerprint density at radius 2 is 1.64 bits per heavy atom. The third-order valence-corrected chi connectivity index (χ3v) is 8.80. The van der Waals surface area contributed by atoms with E-state index in [1.54, 1.807) is 24.3 Å². The quantitative estimate of drug-likeness (QED) is 0.245. The monoisotopic (exact) mass is 653 g/mol. The summed E-state index contributed by atoms with van der Waals surface area (Å²) < 4.78 is 32.4. The summed E-state index contributed by atoms with van der Waals surface area (Å²) in [6.45, 7) is 3.17. The maximum atomic E-state index is 14.2. The molecular formula is C30H34Cl3N3O5S. The second-order valence-electron chi connectivity index (χ2n) is 9.88. The lowest BCUT2D eigenvalue weighted by Crippen LogP contribution is -2.54. The molecule has 0 aliphatic rings. The molecule has 0 heterocycles. The minimum absolute atomic E-state index is 0.0363. The number of amides is 2. The first kappa shape index (κ1) is 33.5. The van der Waals surface area contributed by atoms with E-state index in [9.17, 15) is 18.0 Å². The summed E-state index contributed by atoms with van der Waals surface area (Å²) in [6, 6.07) is 17.6. The fourth-order valence-corrected chi connectivity index (χ4v) is 5.61. The van der Waals surface area contributed by atoms with Crippen LogP contribution in [0.5, 0.6) is 5.75 Å². The second-order valence-corrected chi connectivity index (χ2v) is 13.0. The first-order valence-corrected chi connectivity index (χ1v) is 16.2. The molecule has 3 aromatic carbocycles. The molecule has 1 N–H and O–H groups in total. The largest absolute Gasteiger partial charge is 0.495 e. The van der Waals surface area contributed by atoms with Gasteiger partial charge in [-0.25, -0.2) is 8.42 Å². The second kappa shape index (κ2) is 15.0. The number of nitrogens with one attached hydrogen (secondary N) is 1. The molecule has 3 rings (SSSR count). The van der Waals surface area contributed by atoms with Gasteiger partial charge in [-0.05, 0) is 54.8 Å². The highest BCUT2D eigenvalue weighted by atomic mass is 35.5. The molecule has 0 bridgehead atoms. The normalized spacial score (nSPS) is 12.7. The van der Waals surface area contributed by atoms with Crippen molar-refractivity contribution >= 4 is 62.3 Å². The van der Waals surface area contributed by atoms with Crippen LogP contribution in [0.1, 0.15) is 31.4 Å². The molecule has 0 spiro atoms. The summed E-state index contributed by atoms with van der Waals surface area (Å²) in [5.74, 6) is -0.773. The van der Waals surface area contributed by atoms with E-state index in [0.29, 0.717) is 17.0 Å². The topological polar surface area (TPSA) is 96.0 Å². The van der Waals surface area contributed by atoms with E-state index in [4.69, 9.17) is 39.5 Å². The van der Waals surface area contributed by atoms with Gasteiger partial charge < -0.3 is 15.0 Å². The van der Waals surface area contributed by atoms with Gasteiger partial charge in [0.2, 0.25) is 21.8 Å². The van der Waals surface area contributed by atoms with Crippen molar-refractivity contribution in [2.24, 2.45) is 0 Å². The van der Waals surface area contributed by atoms with Crippen molar-refractivity contribution in [3.8, 4) is 5.75 Å². The first-order chi connectivity index (χ1) is 19.8. The van der Waals surface area contributed by atoms with Crippen LogP contribution in [-0.4, -0.2) is 57.1 Å². The fraction of sp³-hybridized carbons (Fsp3) is 0.333. The Morgan fingerprint density at radius 1 is 0.952 bits per heavy atom. The predicted octanol–water partition coefficient (Wildman–Crippen LogP) is 5.98. The molecule has 42 heavy (non-hydrogen) atoms. The minimum atomic E-state index is -4.00. The highest BCUT2D eigenvalue weighted by molar-refractivity contribution is 7.92. The first-order valence-electron chi connectivity index (χ1n) is 13.2. The lowest BCUT2D eigenvalue weighted by atomic mass is 10.0. The molecular weight excluding hydrogens is 621 g/mol. The van der Waals surface area contributed by atoms with Crippen LogP contribution < -0.4 is 14.4 Å². The number of ether oxygens (including phenoxy) is 1. The Bertz CT molecular complexity index is 1510. The van der Waals surface area contributed by atoms with Crippen LogP contribution in [0.25, 0.3) is 0 Å². The van der Waals surface area contributed by atoms with E-state index in [1.165, 1.54) is 24.1 Å². The van der Waals surface area contributed by atoms with E-state index in [1.807, 2.05) is 44.2 Å². The molecule has 0 fully saturated rings. The minimum Gasteiger partial charge on any atom is -0.495 e. The summed E-state index contributed by atoms with van der Waals surface area (Å²) in [5, 5.41) is 3.86. The lowest BCUT2D eigenvalue weighted by molar-refractivity contribution is -0.140. The van der Waals surface area contributed by atoms with Gasteiger partial charge in [0, 0.05) is 24.0 Å². The number of benzene rings is 3. The van der Waals surface area contributed by atoms with Gasteiger partial charge in [-0.15, -0.1) is 0 Å². The van der Waals surface area contributed by atoms with Gasteiger partial charge >= 0.3 is 0 Å². The molecule has 0 aliphatic heterocycles. The number of hydrogen-bond acceptors (Lipinski definition) is 5. The lowest BCUT2D eigenvalue weighted by Gasteiger charge is -2.34. The Labute approximate surface area is 262 Å². The Kier molecular flexibility index (Phi) is 11.9. The summed E-state index contributed by atoms with van der Waals surface area (Å²) in [5.41, 5.74) is 1.53. The van der Waals surface area contributed by atoms with Gasteiger partial charge in [0.1, 0.15) is 18.3 Å². The third-order valence-electron chi connectivity index (χ3n) is 6.70. The number of hydrogen-bond donors (Lipinski definition) is 1. The van der Waals surface area contributed by atoms with E-state index in [-0.39, 0.29) is 46.4 Å². The van der Waals surface area contributed by atoms with Gasteiger partial charge in [-0.1, -0.05) is 78.1 Å². The molecule has 0 saturated heterocycles. The zero-order valence-corrected chi connectivity index (χ0v) is 26.9. The Morgan fingerprint density at radius 3 is 2.24 bits per heavy atom. The Balaban J connectivity index is 2.12. The molecule has 12 heteroatoms. The van der Waals surface area contributed by atoms with Crippen molar-refractivity contribution in [2.75, 3.05) is 24.2 Å². The standard InChI is InChI=1S/C30H34Cl3N3O5S/c1-5-20(2)34-30(38)27(16-21-9-7-6-8-10-21)35(18-22-11-13-24(32)25(33)15-22)29(37)19-36(42(4,39)40)26-17-23(31)12-14-28(26)41-3/h6-15,17,20,27H,5,16,18-19H2,1-4H3,(H,34,38)/t20-,27+/m1/s1. The number of rotatable bonds is 13. The summed E-state index contributed by atoms with van der Waals surface area (Å²) in [4.78, 5) is 29.3. The van der Waals surface area contributed by atoms with Crippen LogP contribution in [0.15, 0.2) is 66.7 Å². The van der Waals surface area contributed by atoms with Crippen molar-refractivity contribution < 1.29 is 22.7 Å². The van der Waals surface area contributed by atoms with E-state index < -0.39 is 28.5 Å². The molecule has 0 aromatic heterocycles. The summed E-state index contributed by atoms with van der Waals surface area (Å²) in [7, 11) is -2.61. The van der Waals surface area contributed by atoms with Crippen molar-refractivity contribution in [3.63, 3.8) is 0 Å². The summed E-state index contributed by atoms with van der Waals surface area (Å²) >= 11 is 18.6. The number of anilines is 1. The predicted molar refractivity (Wildman–Crippen MR) is 169 cm³/mol. The number of sulfonamides is 1. The van der Waals surface area contributed by atoms with Crippen molar-refractivity contribution in [1.29, 1.82) is 0 Å². The van der Waals surface area contributed by atoms with E-state index in [0.717, 1.165) is 16.1 Å². The van der Waals surface area contributed by atoms with Gasteiger partial charge in [-0.3, -0.25) is 13.9 Å². The maximum absolute atomic E-state index is 14.2. The zero-order chi connectivity index (χ0) is 31.0. The number of nitrogens with zero attached hydrogens (tertiary/aromatic N) is 2. The maximum Gasteiger partial charge on any atom is 0.244 e. The van der Waals surface area contributed by atoms with Gasteiger partial charge in [-0.2, -0.15) is 0 Å². The fourth-order valence-electron chi connectivity index (χ4n) is 4.28. The van der Waals surface area contributed by atoms with Crippen molar-refractivity contribution in [1.82, 2.24) is 10.2 Å². The van der Waals surface area contributed by atoms with E-state index in [2.05, 4.69) is 5.32 Å². The SMILES string of the molecule is CC[C@@H](C)NC(=O)[C@H](Cc1ccccc1)N(Cc1ccc(Cl)c(Cl)c1)C(=O)CN(c1cc(Cl)ccc1OC)S(C)(=O)=O. The smallest absolute Gasteiger partial charge is 0.244 e.